The molecule has 0 fully saturated rings. The van der Waals surface area contributed by atoms with E-state index in [1.165, 1.54) is 0 Å². The molecule has 2 N–H and O–H groups in total. The molecule has 0 saturated heterocycles. The quantitative estimate of drug-likeness (QED) is 0.734. The van der Waals surface area contributed by atoms with E-state index in [9.17, 15) is 4.79 Å². The standard InChI is InChI=1S/C16H22N4O2/c1-22-15-7-3-2-6-14(15)12-19-16(21)18-8-4-5-10-20-11-9-17-13-20/h2-3,6-7,9,11,13H,4-5,8,10,12H2,1H3,(H2,18,19,21). The van der Waals surface area contributed by atoms with Gasteiger partial charge in [-0.1, -0.05) is 18.2 Å². The van der Waals surface area contributed by atoms with E-state index in [1.807, 2.05) is 35.0 Å². The molecule has 0 bridgehead atoms. The minimum absolute atomic E-state index is 0.159. The summed E-state index contributed by atoms with van der Waals surface area (Å²) in [6, 6.07) is 7.49. The molecule has 0 aliphatic heterocycles. The number of aromatic nitrogens is 2. The van der Waals surface area contributed by atoms with Crippen molar-refractivity contribution in [3.63, 3.8) is 0 Å². The van der Waals surface area contributed by atoms with Crippen molar-refractivity contribution in [1.29, 1.82) is 0 Å². The van der Waals surface area contributed by atoms with Crippen molar-refractivity contribution < 1.29 is 9.53 Å². The summed E-state index contributed by atoms with van der Waals surface area (Å²) in [5.41, 5.74) is 0.959. The van der Waals surface area contributed by atoms with Crippen molar-refractivity contribution in [3.05, 3.63) is 48.5 Å². The van der Waals surface area contributed by atoms with Gasteiger partial charge in [0.2, 0.25) is 0 Å². The molecule has 0 atom stereocenters. The number of methoxy groups -OCH3 is 1. The first-order chi connectivity index (χ1) is 10.8. The van der Waals surface area contributed by atoms with Gasteiger partial charge in [0.15, 0.2) is 0 Å². The number of benzene rings is 1. The largest absolute Gasteiger partial charge is 0.496 e. The molecule has 0 aliphatic rings. The Labute approximate surface area is 130 Å². The van der Waals surface area contributed by atoms with Crippen LogP contribution in [0.15, 0.2) is 43.0 Å². The molecule has 0 spiro atoms. The van der Waals surface area contributed by atoms with Crippen LogP contribution in [0.1, 0.15) is 18.4 Å². The van der Waals surface area contributed by atoms with E-state index in [1.54, 1.807) is 19.6 Å². The smallest absolute Gasteiger partial charge is 0.315 e. The van der Waals surface area contributed by atoms with Crippen LogP contribution in [0.3, 0.4) is 0 Å². The number of unbranched alkanes of at least 4 members (excludes halogenated alkanes) is 1. The molecule has 1 heterocycles. The summed E-state index contributed by atoms with van der Waals surface area (Å²) in [7, 11) is 1.62. The van der Waals surface area contributed by atoms with Gasteiger partial charge in [-0.05, 0) is 18.9 Å². The molecule has 0 saturated carbocycles. The molecule has 0 unspecified atom stereocenters. The fourth-order valence-corrected chi connectivity index (χ4v) is 2.13. The lowest BCUT2D eigenvalue weighted by Crippen LogP contribution is -2.35. The number of nitrogens with one attached hydrogen (secondary N) is 2. The lowest BCUT2D eigenvalue weighted by atomic mass is 10.2. The lowest BCUT2D eigenvalue weighted by Gasteiger charge is -2.10. The highest BCUT2D eigenvalue weighted by atomic mass is 16.5. The van der Waals surface area contributed by atoms with E-state index in [0.29, 0.717) is 13.1 Å². The van der Waals surface area contributed by atoms with Gasteiger partial charge in [0.1, 0.15) is 5.75 Å². The first-order valence-electron chi connectivity index (χ1n) is 7.39. The second kappa shape index (κ2) is 8.71. The number of hydrogen-bond donors (Lipinski definition) is 2. The Morgan fingerprint density at radius 1 is 1.27 bits per heavy atom. The summed E-state index contributed by atoms with van der Waals surface area (Å²) in [5, 5.41) is 5.69. The van der Waals surface area contributed by atoms with E-state index in [2.05, 4.69) is 15.6 Å². The van der Waals surface area contributed by atoms with Crippen LogP contribution in [0.2, 0.25) is 0 Å². The van der Waals surface area contributed by atoms with Gasteiger partial charge >= 0.3 is 6.03 Å². The topological polar surface area (TPSA) is 68.2 Å². The normalized spacial score (nSPS) is 10.2. The number of carbonyl (C=O) groups is 1. The molecular weight excluding hydrogens is 280 g/mol. The number of ether oxygens (including phenoxy) is 1. The van der Waals surface area contributed by atoms with Gasteiger partial charge in [-0.3, -0.25) is 0 Å². The van der Waals surface area contributed by atoms with Crippen LogP contribution in [0, 0.1) is 0 Å². The summed E-state index contributed by atoms with van der Waals surface area (Å²) < 4.78 is 7.28. The first kappa shape index (κ1) is 15.9. The molecule has 2 rings (SSSR count). The predicted molar refractivity (Wildman–Crippen MR) is 84.7 cm³/mol. The molecule has 6 heteroatoms. The van der Waals surface area contributed by atoms with Crippen LogP contribution in [0.25, 0.3) is 0 Å². The van der Waals surface area contributed by atoms with Gasteiger partial charge in [-0.2, -0.15) is 0 Å². The molecule has 2 amide bonds. The summed E-state index contributed by atoms with van der Waals surface area (Å²) in [5.74, 6) is 0.781. The average molecular weight is 302 g/mol. The van der Waals surface area contributed by atoms with Crippen LogP contribution in [0.5, 0.6) is 5.75 Å². The second-order valence-corrected chi connectivity index (χ2v) is 4.93. The number of para-hydroxylation sites is 1. The number of nitrogens with zero attached hydrogens (tertiary/aromatic N) is 2. The third-order valence-electron chi connectivity index (χ3n) is 3.32. The summed E-state index contributed by atoms with van der Waals surface area (Å²) in [4.78, 5) is 15.7. The molecule has 2 aromatic rings. The highest BCUT2D eigenvalue weighted by Crippen LogP contribution is 2.16. The van der Waals surface area contributed by atoms with Gasteiger partial charge < -0.3 is 19.9 Å². The van der Waals surface area contributed by atoms with Crippen molar-refractivity contribution in [2.24, 2.45) is 0 Å². The molecule has 22 heavy (non-hydrogen) atoms. The Morgan fingerprint density at radius 3 is 2.91 bits per heavy atom. The zero-order chi connectivity index (χ0) is 15.6. The van der Waals surface area contributed by atoms with Crippen molar-refractivity contribution in [3.8, 4) is 5.75 Å². The average Bonchev–Trinajstić information content (AvgIpc) is 3.06. The Kier molecular flexibility index (Phi) is 6.29. The van der Waals surface area contributed by atoms with Crippen molar-refractivity contribution >= 4 is 6.03 Å². The maximum atomic E-state index is 11.7. The summed E-state index contributed by atoms with van der Waals surface area (Å²) in [6.45, 7) is 2.03. The van der Waals surface area contributed by atoms with Crippen LogP contribution in [-0.4, -0.2) is 29.2 Å². The van der Waals surface area contributed by atoms with Crippen LogP contribution in [0.4, 0.5) is 4.79 Å². The van der Waals surface area contributed by atoms with Crippen LogP contribution < -0.4 is 15.4 Å². The lowest BCUT2D eigenvalue weighted by molar-refractivity contribution is 0.240. The summed E-state index contributed by atoms with van der Waals surface area (Å²) in [6.07, 6.45) is 7.44. The molecule has 1 aromatic carbocycles. The molecule has 1 aromatic heterocycles. The van der Waals surface area contributed by atoms with Crippen LogP contribution >= 0.6 is 0 Å². The number of hydrogen-bond acceptors (Lipinski definition) is 3. The molecule has 0 radical (unpaired) electrons. The second-order valence-electron chi connectivity index (χ2n) is 4.93. The molecule has 118 valence electrons. The highest BCUT2D eigenvalue weighted by molar-refractivity contribution is 5.73. The Morgan fingerprint density at radius 2 is 2.14 bits per heavy atom. The van der Waals surface area contributed by atoms with Crippen molar-refractivity contribution in [2.75, 3.05) is 13.7 Å². The van der Waals surface area contributed by atoms with Gasteiger partial charge in [0, 0.05) is 37.6 Å². The third-order valence-corrected chi connectivity index (χ3v) is 3.32. The van der Waals surface area contributed by atoms with E-state index < -0.39 is 0 Å². The zero-order valence-corrected chi connectivity index (χ0v) is 12.8. The minimum Gasteiger partial charge on any atom is -0.496 e. The molecule has 0 aliphatic carbocycles. The van der Waals surface area contributed by atoms with Gasteiger partial charge in [-0.15, -0.1) is 0 Å². The number of carbonyl (C=O) groups excluding carboxylic acids is 1. The van der Waals surface area contributed by atoms with Crippen molar-refractivity contribution in [2.45, 2.75) is 25.9 Å². The highest BCUT2D eigenvalue weighted by Gasteiger charge is 2.04. The maximum absolute atomic E-state index is 11.7. The van der Waals surface area contributed by atoms with Gasteiger partial charge in [0.25, 0.3) is 0 Å². The van der Waals surface area contributed by atoms with E-state index in [-0.39, 0.29) is 6.03 Å². The predicted octanol–water partition coefficient (Wildman–Crippen LogP) is 2.17. The number of amides is 2. The number of imidazole rings is 1. The van der Waals surface area contributed by atoms with E-state index >= 15 is 0 Å². The van der Waals surface area contributed by atoms with Crippen LogP contribution in [-0.2, 0) is 13.1 Å². The fourth-order valence-electron chi connectivity index (χ4n) is 2.13. The summed E-state index contributed by atoms with van der Waals surface area (Å²) >= 11 is 0. The Hall–Kier alpha value is -2.50. The maximum Gasteiger partial charge on any atom is 0.315 e. The van der Waals surface area contributed by atoms with E-state index in [4.69, 9.17) is 4.74 Å². The minimum atomic E-state index is -0.159. The van der Waals surface area contributed by atoms with Gasteiger partial charge in [0.05, 0.1) is 13.4 Å². The first-order valence-corrected chi connectivity index (χ1v) is 7.39. The Bertz CT molecular complexity index is 569. The van der Waals surface area contributed by atoms with Gasteiger partial charge in [-0.25, -0.2) is 9.78 Å². The molecule has 6 nitrogen and oxygen atoms in total. The van der Waals surface area contributed by atoms with Crippen molar-refractivity contribution in [1.82, 2.24) is 20.2 Å². The number of urea groups is 1. The molecular formula is C16H22N4O2. The monoisotopic (exact) mass is 302 g/mol. The van der Waals surface area contributed by atoms with E-state index in [0.717, 1.165) is 30.7 Å². The number of rotatable bonds is 8. The Balaban J connectivity index is 1.59. The zero-order valence-electron chi connectivity index (χ0n) is 12.8. The third kappa shape index (κ3) is 5.12. The fraction of sp³-hybridized carbons (Fsp3) is 0.375. The number of aryl methyl sites for hydroxylation is 1. The SMILES string of the molecule is COc1ccccc1CNC(=O)NCCCCn1ccnc1.